The van der Waals surface area contributed by atoms with Crippen LogP contribution in [0.1, 0.15) is 46.4 Å². The summed E-state index contributed by atoms with van der Waals surface area (Å²) < 4.78 is 20.7. The van der Waals surface area contributed by atoms with Gasteiger partial charge in [0.15, 0.2) is 0 Å². The van der Waals surface area contributed by atoms with Gasteiger partial charge >= 0.3 is 6.03 Å². The molecule has 226 valence electrons. The number of fused-ring (bicyclic) bond motifs is 2. The summed E-state index contributed by atoms with van der Waals surface area (Å²) >= 11 is 0. The Morgan fingerprint density at radius 3 is 2.68 bits per heavy atom. The molecule has 1 fully saturated rings. The molecule has 2 aromatic heterocycles. The minimum Gasteiger partial charge on any atom is -0.491 e. The molecule has 4 heterocycles. The second kappa shape index (κ2) is 10.8. The first-order chi connectivity index (χ1) is 21.3. The lowest BCUT2D eigenvalue weighted by Gasteiger charge is -2.28. The van der Waals surface area contributed by atoms with Crippen LogP contribution in [-0.4, -0.2) is 77.1 Å². The van der Waals surface area contributed by atoms with E-state index in [0.29, 0.717) is 66.1 Å². The highest BCUT2D eigenvalue weighted by Crippen LogP contribution is 2.50. The van der Waals surface area contributed by atoms with Gasteiger partial charge in [0.1, 0.15) is 23.7 Å². The number of pyridine rings is 1. The molecule has 0 spiro atoms. The van der Waals surface area contributed by atoms with Crippen LogP contribution in [0.25, 0.3) is 27.7 Å². The van der Waals surface area contributed by atoms with Gasteiger partial charge in [0, 0.05) is 50.0 Å². The highest BCUT2D eigenvalue weighted by atomic mass is 19.1. The number of anilines is 1. The topological polar surface area (TPSA) is 102 Å². The van der Waals surface area contributed by atoms with E-state index in [2.05, 4.69) is 22.1 Å². The van der Waals surface area contributed by atoms with Gasteiger partial charge < -0.3 is 29.5 Å². The monoisotopic (exact) mass is 595 g/mol. The number of aliphatic hydroxyl groups is 1. The molecule has 7 rings (SSSR count). The summed E-state index contributed by atoms with van der Waals surface area (Å²) in [5.74, 6) is 0.136. The average Bonchev–Trinajstić information content (AvgIpc) is 3.69. The van der Waals surface area contributed by atoms with Gasteiger partial charge in [0.2, 0.25) is 0 Å². The maximum absolute atomic E-state index is 14.7. The first-order valence-electron chi connectivity index (χ1n) is 14.9. The Kier molecular flexibility index (Phi) is 6.88. The van der Waals surface area contributed by atoms with Crippen molar-refractivity contribution < 1.29 is 23.8 Å². The molecular weight excluding hydrogens is 561 g/mol. The third kappa shape index (κ3) is 4.79. The maximum Gasteiger partial charge on any atom is 0.319 e. The first-order valence-corrected chi connectivity index (χ1v) is 14.9. The molecule has 4 aromatic rings. The molecular formula is C34H34FN5O4. The van der Waals surface area contributed by atoms with Gasteiger partial charge in [-0.2, -0.15) is 0 Å². The number of aliphatic hydroxyl groups excluding tert-OH is 1. The number of carbonyl (C=O) groups excluding carboxylic acids is 2. The van der Waals surface area contributed by atoms with E-state index in [0.717, 1.165) is 27.8 Å². The van der Waals surface area contributed by atoms with E-state index < -0.39 is 5.67 Å². The molecule has 1 aliphatic carbocycles. The Labute approximate surface area is 254 Å². The number of hydrogen-bond acceptors (Lipinski definition) is 5. The number of urea groups is 1. The summed E-state index contributed by atoms with van der Waals surface area (Å²) in [5.41, 5.74) is 5.26. The number of rotatable bonds is 5. The molecule has 0 radical (unpaired) electrons. The van der Waals surface area contributed by atoms with Crippen molar-refractivity contribution in [1.82, 2.24) is 19.8 Å². The van der Waals surface area contributed by atoms with Crippen LogP contribution in [0.3, 0.4) is 0 Å². The molecule has 1 saturated carbocycles. The SMILES string of the molecule is CN(C)C(=O)N1CC=C(c2cc3c(-c4cccc(N5CCOc6cc(C7(F)CC7)ccc6C5=O)c4CO)ccnc3[nH]2)CC1. The molecule has 0 atom stereocenters. The first kappa shape index (κ1) is 28.1. The Morgan fingerprint density at radius 2 is 1.95 bits per heavy atom. The van der Waals surface area contributed by atoms with E-state index in [1.807, 2.05) is 29.2 Å². The number of halogens is 1. The van der Waals surface area contributed by atoms with Gasteiger partial charge in [-0.15, -0.1) is 0 Å². The minimum absolute atomic E-state index is 0.00795. The highest BCUT2D eigenvalue weighted by Gasteiger charge is 2.45. The third-order valence-corrected chi connectivity index (χ3v) is 8.87. The molecule has 0 bridgehead atoms. The number of carbonyl (C=O) groups is 2. The molecule has 3 amide bonds. The maximum atomic E-state index is 14.7. The number of benzene rings is 2. The van der Waals surface area contributed by atoms with E-state index in [4.69, 9.17) is 4.74 Å². The van der Waals surface area contributed by atoms with Gasteiger partial charge in [0.25, 0.3) is 5.91 Å². The van der Waals surface area contributed by atoms with Crippen molar-refractivity contribution in [2.75, 3.05) is 45.2 Å². The van der Waals surface area contributed by atoms with E-state index in [1.165, 1.54) is 0 Å². The van der Waals surface area contributed by atoms with Crippen molar-refractivity contribution in [3.8, 4) is 16.9 Å². The number of alkyl halides is 1. The van der Waals surface area contributed by atoms with Crippen LogP contribution < -0.4 is 9.64 Å². The van der Waals surface area contributed by atoms with Crippen molar-refractivity contribution in [2.24, 2.45) is 0 Å². The lowest BCUT2D eigenvalue weighted by Crippen LogP contribution is -2.41. The summed E-state index contributed by atoms with van der Waals surface area (Å²) in [7, 11) is 3.51. The largest absolute Gasteiger partial charge is 0.491 e. The van der Waals surface area contributed by atoms with Gasteiger partial charge in [-0.25, -0.2) is 14.2 Å². The predicted molar refractivity (Wildman–Crippen MR) is 166 cm³/mol. The Morgan fingerprint density at radius 1 is 1.11 bits per heavy atom. The van der Waals surface area contributed by atoms with Crippen LogP contribution in [0.15, 0.2) is 60.8 Å². The molecule has 2 aliphatic heterocycles. The molecule has 3 aliphatic rings. The van der Waals surface area contributed by atoms with Crippen molar-refractivity contribution in [3.05, 3.63) is 83.2 Å². The summed E-state index contributed by atoms with van der Waals surface area (Å²) in [6.07, 6.45) is 5.48. The zero-order valence-corrected chi connectivity index (χ0v) is 24.8. The minimum atomic E-state index is -1.32. The number of aromatic amines is 1. The zero-order valence-electron chi connectivity index (χ0n) is 24.8. The lowest BCUT2D eigenvalue weighted by atomic mass is 9.95. The fourth-order valence-corrected chi connectivity index (χ4v) is 6.27. The fourth-order valence-electron chi connectivity index (χ4n) is 6.27. The number of aromatic nitrogens is 2. The average molecular weight is 596 g/mol. The number of H-pyrrole nitrogens is 1. The molecule has 2 N–H and O–H groups in total. The predicted octanol–water partition coefficient (Wildman–Crippen LogP) is 5.49. The van der Waals surface area contributed by atoms with Gasteiger partial charge in [0.05, 0.1) is 24.4 Å². The van der Waals surface area contributed by atoms with Crippen LogP contribution in [0.2, 0.25) is 0 Å². The van der Waals surface area contributed by atoms with E-state index >= 15 is 0 Å². The molecule has 0 unspecified atom stereocenters. The van der Waals surface area contributed by atoms with Crippen molar-refractivity contribution in [3.63, 3.8) is 0 Å². The third-order valence-electron chi connectivity index (χ3n) is 8.87. The molecule has 2 aromatic carbocycles. The summed E-state index contributed by atoms with van der Waals surface area (Å²) in [4.78, 5) is 39.3. The van der Waals surface area contributed by atoms with E-state index in [1.54, 1.807) is 48.3 Å². The summed E-state index contributed by atoms with van der Waals surface area (Å²) in [5, 5.41) is 11.6. The van der Waals surface area contributed by atoms with Crippen molar-refractivity contribution in [2.45, 2.75) is 31.5 Å². The van der Waals surface area contributed by atoms with Gasteiger partial charge in [-0.1, -0.05) is 24.3 Å². The van der Waals surface area contributed by atoms with Crippen molar-refractivity contribution in [1.29, 1.82) is 0 Å². The smallest absolute Gasteiger partial charge is 0.319 e. The number of ether oxygens (including phenoxy) is 1. The van der Waals surface area contributed by atoms with Gasteiger partial charge in [-0.3, -0.25) is 4.79 Å². The van der Waals surface area contributed by atoms with E-state index in [9.17, 15) is 19.1 Å². The lowest BCUT2D eigenvalue weighted by molar-refractivity contribution is 0.0989. The number of nitrogens with zero attached hydrogens (tertiary/aromatic N) is 4. The second-order valence-electron chi connectivity index (χ2n) is 11.8. The standard InChI is InChI=1S/C34H34FN5O4/c1-38(2)33(43)39-14-9-21(10-15-39)28-19-26-24(8-13-36-31(26)37-28)23-4-3-5-29(27(23)20-41)40-16-17-44-30-18-22(34(35)11-12-34)6-7-25(30)32(40)42/h3-9,13,18-19,41H,10-12,14-17,20H2,1-2H3,(H,36,37). The van der Waals surface area contributed by atoms with Crippen molar-refractivity contribution >= 4 is 34.2 Å². The molecule has 44 heavy (non-hydrogen) atoms. The number of amides is 3. The van der Waals surface area contributed by atoms with Gasteiger partial charge in [-0.05, 0) is 71.9 Å². The van der Waals surface area contributed by atoms with E-state index in [-0.39, 0.29) is 31.7 Å². The van der Waals surface area contributed by atoms with Crippen LogP contribution in [-0.2, 0) is 12.3 Å². The highest BCUT2D eigenvalue weighted by molar-refractivity contribution is 6.09. The second-order valence-corrected chi connectivity index (χ2v) is 11.8. The summed E-state index contributed by atoms with van der Waals surface area (Å²) in [6, 6.07) is 14.6. The number of hydrogen-bond donors (Lipinski definition) is 2. The van der Waals surface area contributed by atoms with Crippen LogP contribution in [0.4, 0.5) is 14.9 Å². The Bertz CT molecular complexity index is 1830. The Balaban J connectivity index is 1.23. The van der Waals surface area contributed by atoms with Crippen LogP contribution in [0.5, 0.6) is 5.75 Å². The zero-order chi connectivity index (χ0) is 30.6. The Hall–Kier alpha value is -4.70. The molecule has 0 saturated heterocycles. The normalized spacial score (nSPS) is 17.5. The number of nitrogens with one attached hydrogen (secondary N) is 1. The molecule has 10 heteroatoms. The quantitative estimate of drug-likeness (QED) is 0.318. The fraction of sp³-hybridized carbons (Fsp3) is 0.324. The summed E-state index contributed by atoms with van der Waals surface area (Å²) in [6.45, 7) is 1.40. The van der Waals surface area contributed by atoms with Crippen LogP contribution in [0, 0.1) is 0 Å². The molecule has 9 nitrogen and oxygen atoms in total. The van der Waals surface area contributed by atoms with Crippen LogP contribution >= 0.6 is 0 Å².